The van der Waals surface area contributed by atoms with Crippen molar-refractivity contribution in [3.05, 3.63) is 69.0 Å². The molecule has 1 aliphatic heterocycles. The first-order valence-corrected chi connectivity index (χ1v) is 9.48. The van der Waals surface area contributed by atoms with Crippen molar-refractivity contribution in [2.45, 2.75) is 19.4 Å². The third kappa shape index (κ3) is 4.00. The lowest BCUT2D eigenvalue weighted by molar-refractivity contribution is 0.0837. The summed E-state index contributed by atoms with van der Waals surface area (Å²) in [6.45, 7) is 2.16. The van der Waals surface area contributed by atoms with E-state index in [1.54, 1.807) is 0 Å². The second-order valence-corrected chi connectivity index (χ2v) is 7.16. The molecule has 0 bridgehead atoms. The Bertz CT molecular complexity index is 1150. The molecule has 4 rings (SSSR count). The van der Waals surface area contributed by atoms with Gasteiger partial charge in [-0.15, -0.1) is 0 Å². The number of likely N-dealkylation sites (tertiary alicyclic amines) is 1. The van der Waals surface area contributed by atoms with Crippen LogP contribution in [0.3, 0.4) is 0 Å². The summed E-state index contributed by atoms with van der Waals surface area (Å²) in [5, 5.41) is 0.274. The maximum absolute atomic E-state index is 13.0. The number of benzene rings is 1. The van der Waals surface area contributed by atoms with Crippen molar-refractivity contribution in [2.75, 3.05) is 19.6 Å². The monoisotopic (exact) mass is 397 g/mol. The molecule has 1 aromatic carbocycles. The van der Waals surface area contributed by atoms with Crippen molar-refractivity contribution in [1.29, 1.82) is 0 Å². The highest BCUT2D eigenvalue weighted by molar-refractivity contribution is 5.97. The number of hydrogen-bond acceptors (Lipinski definition) is 6. The highest BCUT2D eigenvalue weighted by atomic mass is 19.1. The molecule has 1 aliphatic rings. The van der Waals surface area contributed by atoms with Crippen LogP contribution < -0.4 is 11.2 Å². The van der Waals surface area contributed by atoms with Gasteiger partial charge in [0.1, 0.15) is 23.2 Å². The Balaban J connectivity index is 1.38. The molecule has 1 saturated heterocycles. The number of nitrogens with one attached hydrogen (secondary N) is 1. The van der Waals surface area contributed by atoms with E-state index in [1.807, 2.05) is 0 Å². The Kier molecular flexibility index (Phi) is 5.30. The van der Waals surface area contributed by atoms with Gasteiger partial charge in [-0.05, 0) is 50.2 Å². The number of rotatable bonds is 5. The van der Waals surface area contributed by atoms with Gasteiger partial charge in [-0.2, -0.15) is 0 Å². The van der Waals surface area contributed by atoms with Gasteiger partial charge in [0, 0.05) is 30.8 Å². The quantitative estimate of drug-likeness (QED) is 0.650. The number of Topliss-reactive ketones (excluding diaryl/α,β-unsaturated/α-hetero) is 1. The van der Waals surface area contributed by atoms with Crippen molar-refractivity contribution in [3.8, 4) is 0 Å². The van der Waals surface area contributed by atoms with Gasteiger partial charge in [-0.25, -0.2) is 19.2 Å². The molecule has 1 N–H and O–H groups in total. The van der Waals surface area contributed by atoms with Gasteiger partial charge >= 0.3 is 5.69 Å². The Morgan fingerprint density at radius 1 is 1.14 bits per heavy atom. The SMILES string of the molecule is O=C(c1ccc(F)cc1)C1CCN(CCn2c(=O)[nH]c3ncncc3c2=O)CC1. The lowest BCUT2D eigenvalue weighted by Gasteiger charge is -2.31. The number of nitrogens with zero attached hydrogens (tertiary/aromatic N) is 4. The van der Waals surface area contributed by atoms with Crippen LogP contribution in [0.25, 0.3) is 11.0 Å². The maximum atomic E-state index is 13.0. The molecule has 8 nitrogen and oxygen atoms in total. The van der Waals surface area contributed by atoms with E-state index in [2.05, 4.69) is 19.9 Å². The standard InChI is InChI=1S/C20H20FN5O3/c21-15-3-1-13(2-4-15)17(27)14-5-7-25(8-6-14)9-10-26-19(28)16-11-22-12-23-18(16)24-20(26)29/h1-4,11-12,14H,5-10H2,(H,22,23,24,29). The predicted molar refractivity (Wildman–Crippen MR) is 104 cm³/mol. The van der Waals surface area contributed by atoms with Crippen LogP contribution in [0.2, 0.25) is 0 Å². The Morgan fingerprint density at radius 2 is 1.86 bits per heavy atom. The van der Waals surface area contributed by atoms with Crippen molar-refractivity contribution >= 4 is 16.8 Å². The topological polar surface area (TPSA) is 101 Å². The summed E-state index contributed by atoms with van der Waals surface area (Å²) in [6, 6.07) is 5.64. The molecule has 9 heteroatoms. The van der Waals surface area contributed by atoms with E-state index >= 15 is 0 Å². The summed E-state index contributed by atoms with van der Waals surface area (Å²) in [5.74, 6) is -0.422. The van der Waals surface area contributed by atoms with Crippen LogP contribution in [0, 0.1) is 11.7 Å². The third-order valence-corrected chi connectivity index (χ3v) is 5.39. The highest BCUT2D eigenvalue weighted by Crippen LogP contribution is 2.22. The summed E-state index contributed by atoms with van der Waals surface area (Å²) < 4.78 is 14.2. The van der Waals surface area contributed by atoms with Gasteiger partial charge in [-0.3, -0.25) is 19.1 Å². The van der Waals surface area contributed by atoms with Crippen molar-refractivity contribution in [1.82, 2.24) is 24.4 Å². The number of aromatic nitrogens is 4. The van der Waals surface area contributed by atoms with Crippen molar-refractivity contribution in [3.63, 3.8) is 0 Å². The normalized spacial score (nSPS) is 15.6. The average molecular weight is 397 g/mol. The molecule has 29 heavy (non-hydrogen) atoms. The Hall–Kier alpha value is -3.20. The molecule has 0 unspecified atom stereocenters. The molecule has 150 valence electrons. The van der Waals surface area contributed by atoms with Gasteiger partial charge in [0.2, 0.25) is 0 Å². The molecular formula is C20H20FN5O3. The number of piperidine rings is 1. The number of ketones is 1. The van der Waals surface area contributed by atoms with E-state index in [0.29, 0.717) is 38.0 Å². The molecule has 1 fully saturated rings. The maximum Gasteiger partial charge on any atom is 0.330 e. The Labute approximate surface area is 165 Å². The summed E-state index contributed by atoms with van der Waals surface area (Å²) in [7, 11) is 0. The Morgan fingerprint density at radius 3 is 2.59 bits per heavy atom. The summed E-state index contributed by atoms with van der Waals surface area (Å²) in [6.07, 6.45) is 4.04. The molecule has 0 spiro atoms. The zero-order chi connectivity index (χ0) is 20.4. The first-order chi connectivity index (χ1) is 14.0. The minimum Gasteiger partial charge on any atom is -0.302 e. The largest absolute Gasteiger partial charge is 0.330 e. The van der Waals surface area contributed by atoms with Gasteiger partial charge in [0.05, 0.1) is 0 Å². The van der Waals surface area contributed by atoms with Crippen LogP contribution in [0.5, 0.6) is 0 Å². The van der Waals surface area contributed by atoms with E-state index in [-0.39, 0.29) is 35.1 Å². The van der Waals surface area contributed by atoms with Crippen LogP contribution >= 0.6 is 0 Å². The van der Waals surface area contributed by atoms with Crippen LogP contribution in [-0.2, 0) is 6.54 Å². The highest BCUT2D eigenvalue weighted by Gasteiger charge is 2.25. The lowest BCUT2D eigenvalue weighted by atomic mass is 9.89. The fourth-order valence-electron chi connectivity index (χ4n) is 3.71. The van der Waals surface area contributed by atoms with E-state index in [4.69, 9.17) is 0 Å². The molecular weight excluding hydrogens is 377 g/mol. The summed E-state index contributed by atoms with van der Waals surface area (Å²) in [5.41, 5.74) is -0.152. The van der Waals surface area contributed by atoms with Crippen LogP contribution in [0.4, 0.5) is 4.39 Å². The third-order valence-electron chi connectivity index (χ3n) is 5.39. The molecule has 0 aliphatic carbocycles. The fourth-order valence-corrected chi connectivity index (χ4v) is 3.71. The van der Waals surface area contributed by atoms with E-state index in [9.17, 15) is 18.8 Å². The second-order valence-electron chi connectivity index (χ2n) is 7.16. The molecule has 3 aromatic rings. The van der Waals surface area contributed by atoms with E-state index in [1.165, 1.54) is 36.8 Å². The number of H-pyrrole nitrogens is 1. The molecule has 2 aromatic heterocycles. The fraction of sp³-hybridized carbons (Fsp3) is 0.350. The number of halogens is 1. The van der Waals surface area contributed by atoms with Gasteiger partial charge in [-0.1, -0.05) is 0 Å². The number of fused-ring (bicyclic) bond motifs is 1. The molecule has 3 heterocycles. The zero-order valence-electron chi connectivity index (χ0n) is 15.7. The van der Waals surface area contributed by atoms with Gasteiger partial charge in [0.25, 0.3) is 5.56 Å². The van der Waals surface area contributed by atoms with Crippen molar-refractivity contribution < 1.29 is 9.18 Å². The van der Waals surface area contributed by atoms with E-state index in [0.717, 1.165) is 4.57 Å². The van der Waals surface area contributed by atoms with Crippen molar-refractivity contribution in [2.24, 2.45) is 5.92 Å². The smallest absolute Gasteiger partial charge is 0.302 e. The molecule has 0 saturated carbocycles. The van der Waals surface area contributed by atoms with Crippen LogP contribution in [0.1, 0.15) is 23.2 Å². The summed E-state index contributed by atoms with van der Waals surface area (Å²) in [4.78, 5) is 49.8. The van der Waals surface area contributed by atoms with E-state index < -0.39 is 11.2 Å². The number of carbonyl (C=O) groups is 1. The molecule has 0 amide bonds. The lowest BCUT2D eigenvalue weighted by Crippen LogP contribution is -2.42. The van der Waals surface area contributed by atoms with Crippen LogP contribution in [-0.4, -0.2) is 49.8 Å². The zero-order valence-corrected chi connectivity index (χ0v) is 15.7. The average Bonchev–Trinajstić information content (AvgIpc) is 2.74. The second kappa shape index (κ2) is 8.04. The summed E-state index contributed by atoms with van der Waals surface area (Å²) >= 11 is 0. The first-order valence-electron chi connectivity index (χ1n) is 9.48. The molecule has 0 atom stereocenters. The number of hydrogen-bond donors (Lipinski definition) is 1. The van der Waals surface area contributed by atoms with Gasteiger partial charge < -0.3 is 4.90 Å². The first kappa shape index (κ1) is 19.1. The van der Waals surface area contributed by atoms with Gasteiger partial charge in [0.15, 0.2) is 5.78 Å². The molecule has 0 radical (unpaired) electrons. The predicted octanol–water partition coefficient (Wildman–Crippen LogP) is 1.21. The van der Waals surface area contributed by atoms with Crippen LogP contribution in [0.15, 0.2) is 46.4 Å². The number of aromatic amines is 1. The number of carbonyl (C=O) groups excluding carboxylic acids is 1. The minimum atomic E-state index is -0.498. The minimum absolute atomic E-state index is 0.0341.